The Balaban J connectivity index is 1.27. The fourth-order valence-corrected chi connectivity index (χ4v) is 3.26. The van der Waals surface area contributed by atoms with Gasteiger partial charge in [0.05, 0.1) is 12.1 Å². The number of nitrogens with zero attached hydrogens (tertiary/aromatic N) is 3. The van der Waals surface area contributed by atoms with Crippen LogP contribution in [0.3, 0.4) is 0 Å². The Labute approximate surface area is 190 Å². The quantitative estimate of drug-likeness (QED) is 0.393. The minimum atomic E-state index is -4.45. The van der Waals surface area contributed by atoms with Gasteiger partial charge in [0.1, 0.15) is 18.6 Å². The second-order valence-corrected chi connectivity index (χ2v) is 7.79. The van der Waals surface area contributed by atoms with Gasteiger partial charge in [-0.1, -0.05) is 0 Å². The first-order valence-corrected chi connectivity index (χ1v) is 9.89. The maximum atomic E-state index is 12.6. The Morgan fingerprint density at radius 1 is 1.18 bits per heavy atom. The standard InChI is InChI=1S/C21H18F3N5O5/c1-20(11-28-10-17(29(31)32)27-19(28)34-20)12-33-16-8-6-15(7-9-16)26-18(30)25-14-4-2-13(3-5-14)21(22,23)24/h2-10H,11-12H2,1H3,(H2,25,26,30). The summed E-state index contributed by atoms with van der Waals surface area (Å²) in [5.74, 6) is 0.206. The average Bonchev–Trinajstić information content (AvgIpc) is 3.28. The second-order valence-electron chi connectivity index (χ2n) is 7.79. The fourth-order valence-electron chi connectivity index (χ4n) is 3.26. The Morgan fingerprint density at radius 2 is 1.76 bits per heavy atom. The third-order valence-electron chi connectivity index (χ3n) is 4.88. The Bertz CT molecular complexity index is 1190. The Kier molecular flexibility index (Phi) is 5.77. The van der Waals surface area contributed by atoms with Crippen molar-refractivity contribution in [1.82, 2.24) is 9.55 Å². The number of carbonyl (C=O) groups excluding carboxylic acids is 1. The number of fused-ring (bicyclic) bond motifs is 1. The van der Waals surface area contributed by atoms with Crippen LogP contribution in [0.15, 0.2) is 54.7 Å². The summed E-state index contributed by atoms with van der Waals surface area (Å²) in [5, 5.41) is 15.8. The third-order valence-corrected chi connectivity index (χ3v) is 4.88. The molecule has 3 aromatic rings. The number of amides is 2. The van der Waals surface area contributed by atoms with Gasteiger partial charge in [-0.2, -0.15) is 13.2 Å². The van der Waals surface area contributed by atoms with Crippen LogP contribution < -0.4 is 20.1 Å². The molecule has 0 spiro atoms. The molecule has 10 nitrogen and oxygen atoms in total. The van der Waals surface area contributed by atoms with Crippen molar-refractivity contribution in [2.75, 3.05) is 17.2 Å². The number of aromatic nitrogens is 2. The SMILES string of the molecule is CC1(COc2ccc(NC(=O)Nc3ccc(C(F)(F)F)cc3)cc2)Cn2cc([N+](=O)[O-])nc2O1. The number of hydrogen-bond acceptors (Lipinski definition) is 6. The molecule has 1 unspecified atom stereocenters. The van der Waals surface area contributed by atoms with Crippen molar-refractivity contribution in [3.05, 3.63) is 70.4 Å². The second kappa shape index (κ2) is 8.57. The molecule has 1 aliphatic rings. The van der Waals surface area contributed by atoms with Crippen molar-refractivity contribution in [1.29, 1.82) is 0 Å². The summed E-state index contributed by atoms with van der Waals surface area (Å²) in [4.78, 5) is 26.1. The molecule has 1 aromatic heterocycles. The summed E-state index contributed by atoms with van der Waals surface area (Å²) in [6.07, 6.45) is -3.15. The minimum absolute atomic E-state index is 0.144. The van der Waals surface area contributed by atoms with Crippen molar-refractivity contribution in [2.45, 2.75) is 25.2 Å². The van der Waals surface area contributed by atoms with E-state index >= 15 is 0 Å². The van der Waals surface area contributed by atoms with Crippen molar-refractivity contribution >= 4 is 23.2 Å². The molecule has 0 aliphatic carbocycles. The summed E-state index contributed by atoms with van der Waals surface area (Å²) in [6.45, 7) is 2.26. The number of nitro groups is 1. The zero-order valence-electron chi connectivity index (χ0n) is 17.6. The van der Waals surface area contributed by atoms with Gasteiger partial charge in [0.15, 0.2) is 5.60 Å². The molecule has 0 saturated carbocycles. The van der Waals surface area contributed by atoms with Gasteiger partial charge in [0.25, 0.3) is 0 Å². The maximum absolute atomic E-state index is 12.6. The highest BCUT2D eigenvalue weighted by atomic mass is 19.4. The lowest BCUT2D eigenvalue weighted by molar-refractivity contribution is -0.389. The number of nitrogens with one attached hydrogen (secondary N) is 2. The largest absolute Gasteiger partial charge is 0.489 e. The normalized spacial score (nSPS) is 16.9. The number of hydrogen-bond donors (Lipinski definition) is 2. The van der Waals surface area contributed by atoms with Crippen LogP contribution in [-0.2, 0) is 12.7 Å². The van der Waals surface area contributed by atoms with E-state index in [2.05, 4.69) is 15.6 Å². The number of anilines is 2. The molecule has 2 aromatic carbocycles. The van der Waals surface area contributed by atoms with E-state index in [9.17, 15) is 28.1 Å². The first-order valence-electron chi connectivity index (χ1n) is 9.89. The highest BCUT2D eigenvalue weighted by molar-refractivity contribution is 5.99. The van der Waals surface area contributed by atoms with Gasteiger partial charge >= 0.3 is 24.0 Å². The third kappa shape index (κ3) is 5.19. The predicted molar refractivity (Wildman–Crippen MR) is 114 cm³/mol. The van der Waals surface area contributed by atoms with E-state index < -0.39 is 28.3 Å². The van der Waals surface area contributed by atoms with E-state index in [0.717, 1.165) is 24.3 Å². The molecule has 178 valence electrons. The smallest absolute Gasteiger partial charge is 0.416 e. The van der Waals surface area contributed by atoms with E-state index in [1.54, 1.807) is 35.8 Å². The number of halogens is 3. The van der Waals surface area contributed by atoms with Crippen LogP contribution in [0.5, 0.6) is 11.8 Å². The zero-order chi connectivity index (χ0) is 24.5. The van der Waals surface area contributed by atoms with Crippen molar-refractivity contribution in [2.24, 2.45) is 0 Å². The van der Waals surface area contributed by atoms with Gasteiger partial charge in [-0.25, -0.2) is 4.79 Å². The molecule has 0 saturated heterocycles. The van der Waals surface area contributed by atoms with E-state index in [0.29, 0.717) is 18.0 Å². The molecule has 2 N–H and O–H groups in total. The molecule has 0 radical (unpaired) electrons. The van der Waals surface area contributed by atoms with Gasteiger partial charge in [0, 0.05) is 16.4 Å². The number of benzene rings is 2. The molecular weight excluding hydrogens is 459 g/mol. The van der Waals surface area contributed by atoms with E-state index in [1.807, 2.05) is 0 Å². The molecule has 2 amide bonds. The van der Waals surface area contributed by atoms with Crippen LogP contribution in [0.2, 0.25) is 0 Å². The average molecular weight is 477 g/mol. The maximum Gasteiger partial charge on any atom is 0.416 e. The zero-order valence-corrected chi connectivity index (χ0v) is 17.6. The molecular formula is C21H18F3N5O5. The number of alkyl halides is 3. The lowest BCUT2D eigenvalue weighted by Crippen LogP contribution is -2.38. The monoisotopic (exact) mass is 477 g/mol. The topological polar surface area (TPSA) is 121 Å². The fraction of sp³-hybridized carbons (Fsp3) is 0.238. The molecule has 1 aliphatic heterocycles. The number of urea groups is 1. The number of rotatable bonds is 6. The highest BCUT2D eigenvalue weighted by Gasteiger charge is 2.41. The van der Waals surface area contributed by atoms with Crippen LogP contribution in [0.1, 0.15) is 12.5 Å². The number of carbonyl (C=O) groups is 1. The van der Waals surface area contributed by atoms with Gasteiger partial charge in [-0.3, -0.25) is 4.57 Å². The molecule has 0 fully saturated rings. The molecule has 4 rings (SSSR count). The van der Waals surface area contributed by atoms with Crippen molar-refractivity contribution in [3.63, 3.8) is 0 Å². The van der Waals surface area contributed by atoms with E-state index in [1.165, 1.54) is 6.20 Å². The predicted octanol–water partition coefficient (Wildman–Crippen LogP) is 4.68. The minimum Gasteiger partial charge on any atom is -0.489 e. The van der Waals surface area contributed by atoms with Crippen LogP contribution in [0, 0.1) is 10.1 Å². The van der Waals surface area contributed by atoms with E-state index in [-0.39, 0.29) is 24.1 Å². The van der Waals surface area contributed by atoms with Crippen LogP contribution in [0.4, 0.5) is 35.2 Å². The first kappa shape index (κ1) is 22.9. The van der Waals surface area contributed by atoms with Crippen LogP contribution in [-0.4, -0.2) is 32.7 Å². The highest BCUT2D eigenvalue weighted by Crippen LogP contribution is 2.32. The van der Waals surface area contributed by atoms with Crippen LogP contribution in [0.25, 0.3) is 0 Å². The summed E-state index contributed by atoms with van der Waals surface area (Å²) in [5.41, 5.74) is -0.930. The summed E-state index contributed by atoms with van der Waals surface area (Å²) < 4.78 is 50.8. The first-order chi connectivity index (χ1) is 16.0. The van der Waals surface area contributed by atoms with E-state index in [4.69, 9.17) is 9.47 Å². The summed E-state index contributed by atoms with van der Waals surface area (Å²) >= 11 is 0. The Morgan fingerprint density at radius 3 is 2.29 bits per heavy atom. The van der Waals surface area contributed by atoms with Crippen LogP contribution >= 0.6 is 0 Å². The molecule has 0 bridgehead atoms. The summed E-state index contributed by atoms with van der Waals surface area (Å²) in [7, 11) is 0. The molecule has 1 atom stereocenters. The lowest BCUT2D eigenvalue weighted by Gasteiger charge is -2.22. The molecule has 34 heavy (non-hydrogen) atoms. The lowest BCUT2D eigenvalue weighted by atomic mass is 10.1. The number of imidazole rings is 1. The van der Waals surface area contributed by atoms with Crippen molar-refractivity contribution in [3.8, 4) is 11.8 Å². The van der Waals surface area contributed by atoms with Gasteiger partial charge in [-0.05, 0) is 60.4 Å². The van der Waals surface area contributed by atoms with Gasteiger partial charge in [-0.15, -0.1) is 0 Å². The molecule has 13 heteroatoms. The van der Waals surface area contributed by atoms with Gasteiger partial charge < -0.3 is 30.2 Å². The Hall–Kier alpha value is -4.29. The van der Waals surface area contributed by atoms with Crippen molar-refractivity contribution < 1.29 is 32.4 Å². The summed E-state index contributed by atoms with van der Waals surface area (Å²) in [6, 6.07) is 10.0. The number of ether oxygens (including phenoxy) is 2. The van der Waals surface area contributed by atoms with Gasteiger partial charge in [0.2, 0.25) is 0 Å². The molecule has 2 heterocycles.